The van der Waals surface area contributed by atoms with Gasteiger partial charge in [0.05, 0.1) is 31.7 Å². The highest BCUT2D eigenvalue weighted by atomic mass is 32.2. The van der Waals surface area contributed by atoms with E-state index >= 15 is 13.2 Å². The quantitative estimate of drug-likeness (QED) is 0.270. The Kier molecular flexibility index (Phi) is 11.1. The molecule has 0 spiro atoms. The van der Waals surface area contributed by atoms with E-state index in [1.165, 1.54) is 0 Å². The van der Waals surface area contributed by atoms with Crippen LogP contribution in [0.3, 0.4) is 0 Å². The predicted octanol–water partition coefficient (Wildman–Crippen LogP) is 11.8. The first kappa shape index (κ1) is 47.6. The van der Waals surface area contributed by atoms with Crippen LogP contribution in [0.2, 0.25) is 0 Å². The Labute approximate surface area is 352 Å². The number of hydrogen-bond donors (Lipinski definition) is 1. The molecule has 2 aromatic rings. The van der Waals surface area contributed by atoms with Crippen LogP contribution >= 0.6 is 0 Å². The number of rotatable bonds is 9. The number of carbonyl (C=O) groups excluding carboxylic acids is 2. The zero-order valence-corrected chi connectivity index (χ0v) is 41.8. The summed E-state index contributed by atoms with van der Waals surface area (Å²) in [6, 6.07) is 0. The maximum absolute atomic E-state index is 15.7. The van der Waals surface area contributed by atoms with E-state index in [-0.39, 0.29) is 34.6 Å². The molecule has 1 heterocycles. The van der Waals surface area contributed by atoms with Crippen LogP contribution in [0.25, 0.3) is 0 Å². The van der Waals surface area contributed by atoms with Gasteiger partial charge in [0.25, 0.3) is 5.91 Å². The largest absolute Gasteiger partial charge is 0.484 e. The van der Waals surface area contributed by atoms with Gasteiger partial charge in [0.2, 0.25) is 5.91 Å². The number of sulfone groups is 1. The number of fused-ring (bicyclic) bond motifs is 1. The minimum atomic E-state index is -4.01. The van der Waals surface area contributed by atoms with Crippen molar-refractivity contribution in [3.63, 3.8) is 0 Å². The van der Waals surface area contributed by atoms with Crippen LogP contribution in [0.5, 0.6) is 11.5 Å². The average molecular weight is 823 g/mol. The first-order valence-electron chi connectivity index (χ1n) is 21.1. The van der Waals surface area contributed by atoms with Crippen LogP contribution in [0, 0.1) is 63.2 Å². The maximum Gasteiger partial charge on any atom is 0.257 e. The molecule has 1 aliphatic carbocycles. The van der Waals surface area contributed by atoms with Crippen molar-refractivity contribution >= 4 is 27.3 Å². The summed E-state index contributed by atoms with van der Waals surface area (Å²) in [6.07, 6.45) is 0. The van der Waals surface area contributed by atoms with E-state index < -0.39 is 41.5 Å². The summed E-state index contributed by atoms with van der Waals surface area (Å²) in [6.45, 7) is 49.7. The number of nitrogens with one attached hydrogen (secondary N) is 1. The van der Waals surface area contributed by atoms with E-state index in [1.54, 1.807) is 39.5 Å². The smallest absolute Gasteiger partial charge is 0.257 e. The van der Waals surface area contributed by atoms with E-state index in [1.807, 2.05) is 76.2 Å². The van der Waals surface area contributed by atoms with Gasteiger partial charge in [0, 0.05) is 17.5 Å². The Morgan fingerprint density at radius 2 is 1.12 bits per heavy atom. The van der Waals surface area contributed by atoms with Gasteiger partial charge in [-0.15, -0.1) is 0 Å². The monoisotopic (exact) mass is 823 g/mol. The summed E-state index contributed by atoms with van der Waals surface area (Å²) >= 11 is 0. The minimum absolute atomic E-state index is 0.124. The van der Waals surface area contributed by atoms with E-state index in [0.29, 0.717) is 33.9 Å². The zero-order valence-electron chi connectivity index (χ0n) is 41.0. The molecule has 4 rings (SSSR count). The Hall–Kier alpha value is -3.07. The fourth-order valence-corrected chi connectivity index (χ4v) is 11.8. The fourth-order valence-electron chi connectivity index (χ4n) is 9.51. The summed E-state index contributed by atoms with van der Waals surface area (Å²) in [5, 5.41) is 3.30. The van der Waals surface area contributed by atoms with Gasteiger partial charge in [-0.05, 0) is 174 Å². The molecule has 0 bridgehead atoms. The van der Waals surface area contributed by atoms with Crippen LogP contribution in [0.4, 0.5) is 5.69 Å². The van der Waals surface area contributed by atoms with Gasteiger partial charge in [-0.3, -0.25) is 9.59 Å². The van der Waals surface area contributed by atoms with Crippen LogP contribution in [0.15, 0.2) is 0 Å². The first-order chi connectivity index (χ1) is 25.6. The van der Waals surface area contributed by atoms with Crippen molar-refractivity contribution in [1.82, 2.24) is 4.90 Å². The first-order valence-corrected chi connectivity index (χ1v) is 22.6. The second kappa shape index (κ2) is 13.5. The molecule has 326 valence electrons. The van der Waals surface area contributed by atoms with Crippen LogP contribution in [-0.2, 0) is 26.7 Å². The van der Waals surface area contributed by atoms with Crippen molar-refractivity contribution in [2.24, 2.45) is 21.7 Å². The maximum atomic E-state index is 15.7. The number of amides is 2. The lowest BCUT2D eigenvalue weighted by Crippen LogP contribution is -2.64. The van der Waals surface area contributed by atoms with Crippen molar-refractivity contribution in [3.05, 3.63) is 50.1 Å². The molecule has 0 saturated heterocycles. The molecular formula is C49H78N2O6S. The van der Waals surface area contributed by atoms with E-state index in [9.17, 15) is 4.79 Å². The highest BCUT2D eigenvalue weighted by Crippen LogP contribution is 2.78. The molecule has 1 unspecified atom stereocenters. The number of nitrogens with zero attached hydrogens (tertiary/aromatic N) is 1. The fraction of sp³-hybridized carbons (Fsp3) is 0.714. The second-order valence-corrected chi connectivity index (χ2v) is 26.3. The Morgan fingerprint density at radius 3 is 1.53 bits per heavy atom. The predicted molar refractivity (Wildman–Crippen MR) is 240 cm³/mol. The molecule has 1 atom stereocenters. The molecule has 2 aromatic carbocycles. The molecule has 0 aromatic heterocycles. The zero-order chi connectivity index (χ0) is 45.5. The highest BCUT2D eigenvalue weighted by Gasteiger charge is 2.78. The van der Waals surface area contributed by atoms with Crippen molar-refractivity contribution < 1.29 is 27.5 Å². The Bertz CT molecular complexity index is 2170. The molecule has 0 radical (unpaired) electrons. The summed E-state index contributed by atoms with van der Waals surface area (Å²) in [5.41, 5.74) is 3.32. The highest BCUT2D eigenvalue weighted by molar-refractivity contribution is 7.94. The molecule has 1 fully saturated rings. The van der Waals surface area contributed by atoms with Gasteiger partial charge < -0.3 is 19.7 Å². The summed E-state index contributed by atoms with van der Waals surface area (Å²) in [5.74, 6) is 0.691. The van der Waals surface area contributed by atoms with Gasteiger partial charge in [-0.1, -0.05) is 48.5 Å². The Balaban J connectivity index is 2.17. The molecule has 8 nitrogen and oxygen atoms in total. The summed E-state index contributed by atoms with van der Waals surface area (Å²) < 4.78 is 41.6. The normalized spacial score (nSPS) is 19.1. The molecule has 58 heavy (non-hydrogen) atoms. The standard InChI is InChI=1S/C49H78N2O6S/c1-27-28(2)33-26-51(39(52)34(33)36(30(27)4)50-40(53)48(24)44(16,17)45(48,18)19)49(25,47(22,23)58(54,55)43(13,14)15)35-29(3)31(5)37(56-42(10,11)12)38(32(35)6)57-46(20,21)41(7,8)9/h26H2,1-25H3,(H,50,53). The molecule has 1 saturated carbocycles. The second-order valence-electron chi connectivity index (χ2n) is 23.0. The van der Waals surface area contributed by atoms with Gasteiger partial charge >= 0.3 is 0 Å². The number of benzene rings is 2. The number of carbonyl (C=O) groups is 2. The topological polar surface area (TPSA) is 102 Å². The molecule has 2 amide bonds. The van der Waals surface area contributed by atoms with Crippen molar-refractivity contribution in [2.75, 3.05) is 5.32 Å². The van der Waals surface area contributed by atoms with Crippen LogP contribution in [0.1, 0.15) is 186 Å². The third kappa shape index (κ3) is 6.35. The van der Waals surface area contributed by atoms with Crippen molar-refractivity contribution in [3.8, 4) is 11.5 Å². The van der Waals surface area contributed by atoms with Crippen molar-refractivity contribution in [2.45, 2.75) is 206 Å². The third-order valence-electron chi connectivity index (χ3n) is 16.4. The molecule has 1 N–H and O–H groups in total. The van der Waals surface area contributed by atoms with E-state index in [2.05, 4.69) is 67.6 Å². The van der Waals surface area contributed by atoms with Gasteiger partial charge in [-0.2, -0.15) is 0 Å². The minimum Gasteiger partial charge on any atom is -0.484 e. The van der Waals surface area contributed by atoms with Crippen LogP contribution < -0.4 is 14.8 Å². The van der Waals surface area contributed by atoms with E-state index in [4.69, 9.17) is 9.47 Å². The lowest BCUT2D eigenvalue weighted by Gasteiger charge is -2.53. The van der Waals surface area contributed by atoms with Crippen molar-refractivity contribution in [1.29, 1.82) is 0 Å². The lowest BCUT2D eigenvalue weighted by molar-refractivity contribution is -0.122. The SMILES string of the molecule is Cc1c(C)c2c(c(NC(=O)C3(C)C(C)(C)C3(C)C)c1C)C(=O)N(C(C)(c1c(C)c(C)c(OC(C)(C)C)c(OC(C)(C)C(C)(C)C)c1C)C(C)(C)S(=O)(=O)C(C)(C)C)C2. The van der Waals surface area contributed by atoms with Crippen LogP contribution in [-0.4, -0.2) is 45.8 Å². The average Bonchev–Trinajstić information content (AvgIpc) is 3.24. The molecular weight excluding hydrogens is 745 g/mol. The Morgan fingerprint density at radius 1 is 0.655 bits per heavy atom. The third-order valence-corrected chi connectivity index (χ3v) is 19.8. The van der Waals surface area contributed by atoms with E-state index in [0.717, 1.165) is 33.4 Å². The van der Waals surface area contributed by atoms with Gasteiger partial charge in [0.15, 0.2) is 21.3 Å². The number of anilines is 1. The molecule has 2 aliphatic rings. The summed E-state index contributed by atoms with van der Waals surface area (Å²) in [7, 11) is -4.01. The molecule has 1 aliphatic heterocycles. The number of hydrogen-bond acceptors (Lipinski definition) is 6. The lowest BCUT2D eigenvalue weighted by atomic mass is 9.73. The van der Waals surface area contributed by atoms with Gasteiger partial charge in [0.1, 0.15) is 11.2 Å². The molecule has 9 heteroatoms. The summed E-state index contributed by atoms with van der Waals surface area (Å²) in [4.78, 5) is 31.9. The van der Waals surface area contributed by atoms with Gasteiger partial charge in [-0.25, -0.2) is 8.42 Å². The number of ether oxygens (including phenoxy) is 2.